The number of alkyl halides is 3. The Balaban J connectivity index is 2.36. The number of hydrogen-bond acceptors (Lipinski definition) is 1. The first kappa shape index (κ1) is 15.4. The normalized spacial score (nSPS) is 13.2. The zero-order valence-electron chi connectivity index (χ0n) is 10.8. The Morgan fingerprint density at radius 2 is 1.48 bits per heavy atom. The van der Waals surface area contributed by atoms with E-state index in [0.717, 1.165) is 18.2 Å². The minimum atomic E-state index is -4.57. The molecule has 0 aliphatic heterocycles. The summed E-state index contributed by atoms with van der Waals surface area (Å²) < 4.78 is 65.8. The van der Waals surface area contributed by atoms with Crippen molar-refractivity contribution in [2.24, 2.45) is 5.73 Å². The lowest BCUT2D eigenvalue weighted by molar-refractivity contribution is -0.138. The van der Waals surface area contributed by atoms with Crippen molar-refractivity contribution in [3.05, 3.63) is 70.8 Å². The molecule has 1 unspecified atom stereocenters. The Morgan fingerprint density at radius 3 is 2.05 bits per heavy atom. The molecule has 2 N–H and O–H groups in total. The fourth-order valence-corrected chi connectivity index (χ4v) is 2.14. The molecule has 1 nitrogen and oxygen atoms in total. The van der Waals surface area contributed by atoms with Crippen LogP contribution in [0.4, 0.5) is 22.0 Å². The number of halogens is 5. The van der Waals surface area contributed by atoms with Gasteiger partial charge in [0.15, 0.2) is 0 Å². The smallest absolute Gasteiger partial charge is 0.324 e. The molecule has 6 heteroatoms. The molecule has 0 aliphatic carbocycles. The minimum absolute atomic E-state index is 0.187. The van der Waals surface area contributed by atoms with Gasteiger partial charge in [-0.2, -0.15) is 13.2 Å². The van der Waals surface area contributed by atoms with Crippen LogP contribution in [0.25, 0.3) is 0 Å². The molecule has 2 aromatic carbocycles. The van der Waals surface area contributed by atoms with E-state index in [1.54, 1.807) is 0 Å². The van der Waals surface area contributed by atoms with Crippen molar-refractivity contribution in [1.82, 2.24) is 0 Å². The summed E-state index contributed by atoms with van der Waals surface area (Å²) in [6, 6.07) is 6.86. The van der Waals surface area contributed by atoms with E-state index >= 15 is 0 Å². The van der Waals surface area contributed by atoms with Crippen LogP contribution in [-0.4, -0.2) is 0 Å². The van der Waals surface area contributed by atoms with E-state index in [0.29, 0.717) is 0 Å². The monoisotopic (exact) mass is 301 g/mol. The van der Waals surface area contributed by atoms with Gasteiger partial charge in [0.1, 0.15) is 11.6 Å². The number of benzene rings is 2. The van der Waals surface area contributed by atoms with Crippen LogP contribution in [0, 0.1) is 11.6 Å². The molecule has 0 aliphatic rings. The molecular weight excluding hydrogens is 289 g/mol. The third kappa shape index (κ3) is 3.39. The van der Waals surface area contributed by atoms with E-state index in [2.05, 4.69) is 0 Å². The minimum Gasteiger partial charge on any atom is -0.324 e. The molecule has 0 fully saturated rings. The first-order chi connectivity index (χ1) is 9.80. The average molecular weight is 301 g/mol. The fraction of sp³-hybridized carbons (Fsp3) is 0.200. The molecular formula is C15H12F5N. The van der Waals surface area contributed by atoms with E-state index < -0.39 is 29.4 Å². The van der Waals surface area contributed by atoms with Crippen LogP contribution in [0.5, 0.6) is 0 Å². The molecule has 1 atom stereocenters. The van der Waals surface area contributed by atoms with Crippen LogP contribution in [0.15, 0.2) is 42.5 Å². The molecule has 0 spiro atoms. The molecule has 2 rings (SSSR count). The second-order valence-electron chi connectivity index (χ2n) is 4.60. The molecule has 2 aromatic rings. The molecule has 0 radical (unpaired) electrons. The number of rotatable bonds is 3. The van der Waals surface area contributed by atoms with Gasteiger partial charge in [0.2, 0.25) is 0 Å². The van der Waals surface area contributed by atoms with Crippen LogP contribution in [0.1, 0.15) is 22.7 Å². The van der Waals surface area contributed by atoms with Crippen molar-refractivity contribution in [3.63, 3.8) is 0 Å². The summed E-state index contributed by atoms with van der Waals surface area (Å²) in [5.41, 5.74) is 4.33. The molecule has 112 valence electrons. The van der Waals surface area contributed by atoms with Gasteiger partial charge in [-0.1, -0.05) is 24.3 Å². The number of hydrogen-bond donors (Lipinski definition) is 1. The molecule has 0 bridgehead atoms. The van der Waals surface area contributed by atoms with E-state index in [4.69, 9.17) is 5.73 Å². The second kappa shape index (κ2) is 5.81. The van der Waals surface area contributed by atoms with Crippen molar-refractivity contribution in [2.45, 2.75) is 18.6 Å². The van der Waals surface area contributed by atoms with E-state index in [-0.39, 0.29) is 17.5 Å². The van der Waals surface area contributed by atoms with E-state index in [1.165, 1.54) is 24.3 Å². The summed E-state index contributed by atoms with van der Waals surface area (Å²) >= 11 is 0. The predicted molar refractivity (Wildman–Crippen MR) is 68.4 cm³/mol. The van der Waals surface area contributed by atoms with Crippen molar-refractivity contribution in [3.8, 4) is 0 Å². The van der Waals surface area contributed by atoms with Crippen molar-refractivity contribution >= 4 is 0 Å². The Morgan fingerprint density at radius 1 is 0.905 bits per heavy atom. The fourth-order valence-electron chi connectivity index (χ4n) is 2.14. The van der Waals surface area contributed by atoms with Gasteiger partial charge in [-0.05, 0) is 30.2 Å². The van der Waals surface area contributed by atoms with Gasteiger partial charge in [0.25, 0.3) is 0 Å². The van der Waals surface area contributed by atoms with Crippen molar-refractivity contribution < 1.29 is 22.0 Å². The summed E-state index contributed by atoms with van der Waals surface area (Å²) in [5.74, 6) is -1.65. The molecule has 0 heterocycles. The van der Waals surface area contributed by atoms with E-state index in [1.807, 2.05) is 0 Å². The summed E-state index contributed by atoms with van der Waals surface area (Å²) in [6.45, 7) is 0. The van der Waals surface area contributed by atoms with Crippen molar-refractivity contribution in [1.29, 1.82) is 0 Å². The highest BCUT2D eigenvalue weighted by atomic mass is 19.4. The standard InChI is InChI=1S/C15H12F5N/c16-12-6-3-7-13(17)10(12)8-14(21)9-4-1-2-5-11(9)15(18,19)20/h1-7,14H,8,21H2. The van der Waals surface area contributed by atoms with Gasteiger partial charge >= 0.3 is 6.18 Å². The van der Waals surface area contributed by atoms with Gasteiger partial charge in [-0.3, -0.25) is 0 Å². The molecule has 21 heavy (non-hydrogen) atoms. The lowest BCUT2D eigenvalue weighted by Gasteiger charge is -2.18. The summed E-state index contributed by atoms with van der Waals surface area (Å²) in [6.07, 6.45) is -4.92. The van der Waals surface area contributed by atoms with Gasteiger partial charge in [0.05, 0.1) is 5.56 Å². The third-order valence-electron chi connectivity index (χ3n) is 3.15. The lowest BCUT2D eigenvalue weighted by Crippen LogP contribution is -2.20. The first-order valence-corrected chi connectivity index (χ1v) is 6.15. The Bertz CT molecular complexity index is 616. The van der Waals surface area contributed by atoms with E-state index in [9.17, 15) is 22.0 Å². The van der Waals surface area contributed by atoms with Gasteiger partial charge in [0, 0.05) is 11.6 Å². The molecule has 0 aromatic heterocycles. The van der Waals surface area contributed by atoms with Gasteiger partial charge < -0.3 is 5.73 Å². The Kier molecular flexibility index (Phi) is 4.27. The maximum absolute atomic E-state index is 13.5. The highest BCUT2D eigenvalue weighted by Gasteiger charge is 2.34. The molecule has 0 saturated heterocycles. The SMILES string of the molecule is NC(Cc1c(F)cccc1F)c1ccccc1C(F)(F)F. The lowest BCUT2D eigenvalue weighted by atomic mass is 9.95. The zero-order chi connectivity index (χ0) is 15.6. The molecule has 0 saturated carbocycles. The predicted octanol–water partition coefficient (Wildman–Crippen LogP) is 4.23. The maximum atomic E-state index is 13.5. The summed E-state index contributed by atoms with van der Waals surface area (Å²) in [7, 11) is 0. The van der Waals surface area contributed by atoms with Crippen molar-refractivity contribution in [2.75, 3.05) is 0 Å². The van der Waals surface area contributed by atoms with Crippen LogP contribution in [0.2, 0.25) is 0 Å². The topological polar surface area (TPSA) is 26.0 Å². The summed E-state index contributed by atoms with van der Waals surface area (Å²) in [4.78, 5) is 0. The highest BCUT2D eigenvalue weighted by Crippen LogP contribution is 2.35. The van der Waals surface area contributed by atoms with Gasteiger partial charge in [-0.15, -0.1) is 0 Å². The second-order valence-corrected chi connectivity index (χ2v) is 4.60. The Hall–Kier alpha value is -1.95. The molecule has 0 amide bonds. The quantitative estimate of drug-likeness (QED) is 0.844. The maximum Gasteiger partial charge on any atom is 0.416 e. The average Bonchev–Trinajstić information content (AvgIpc) is 2.42. The third-order valence-corrected chi connectivity index (χ3v) is 3.15. The van der Waals surface area contributed by atoms with Crippen LogP contribution in [0.3, 0.4) is 0 Å². The number of nitrogens with two attached hydrogens (primary N) is 1. The Labute approximate surface area is 118 Å². The largest absolute Gasteiger partial charge is 0.416 e. The first-order valence-electron chi connectivity index (χ1n) is 6.15. The zero-order valence-corrected chi connectivity index (χ0v) is 10.8. The van der Waals surface area contributed by atoms with Crippen LogP contribution in [-0.2, 0) is 12.6 Å². The summed E-state index contributed by atoms with van der Waals surface area (Å²) in [5, 5.41) is 0. The highest BCUT2D eigenvalue weighted by molar-refractivity contribution is 5.34. The van der Waals surface area contributed by atoms with Crippen LogP contribution >= 0.6 is 0 Å². The van der Waals surface area contributed by atoms with Crippen LogP contribution < -0.4 is 5.73 Å². The van der Waals surface area contributed by atoms with Gasteiger partial charge in [-0.25, -0.2) is 8.78 Å².